The molecule has 0 spiro atoms. The molecule has 1 aliphatic carbocycles. The molecule has 0 unspecified atom stereocenters. The Morgan fingerprint density at radius 3 is 2.31 bits per heavy atom. The molecule has 1 fully saturated rings. The molecular formula is C11H18F2. The summed E-state index contributed by atoms with van der Waals surface area (Å²) in [5, 5.41) is 0. The average Bonchev–Trinajstić information content (AvgIpc) is 2.08. The summed E-state index contributed by atoms with van der Waals surface area (Å²) in [6.45, 7) is 2.19. The molecule has 13 heavy (non-hydrogen) atoms. The predicted molar refractivity (Wildman–Crippen MR) is 50.7 cm³/mol. The maximum absolute atomic E-state index is 11.9. The second kappa shape index (κ2) is 5.36. The van der Waals surface area contributed by atoms with Gasteiger partial charge >= 0.3 is 0 Å². The second-order valence-electron chi connectivity index (χ2n) is 4.03. The molecule has 2 heteroatoms. The van der Waals surface area contributed by atoms with Crippen LogP contribution in [0.1, 0.15) is 45.4 Å². The molecule has 1 aliphatic rings. The normalized spacial score (nSPS) is 28.5. The van der Waals surface area contributed by atoms with E-state index in [0.29, 0.717) is 0 Å². The zero-order valence-electron chi connectivity index (χ0n) is 8.23. The van der Waals surface area contributed by atoms with Gasteiger partial charge in [0.2, 0.25) is 0 Å². The monoisotopic (exact) mass is 188 g/mol. The molecular weight excluding hydrogens is 170 g/mol. The maximum Gasteiger partial charge on any atom is 0.266 e. The van der Waals surface area contributed by atoms with Gasteiger partial charge in [0.15, 0.2) is 0 Å². The molecule has 0 radical (unpaired) electrons. The minimum atomic E-state index is -1.50. The highest BCUT2D eigenvalue weighted by molar-refractivity contribution is 4.90. The lowest BCUT2D eigenvalue weighted by Gasteiger charge is -2.25. The Labute approximate surface area is 79.0 Å². The van der Waals surface area contributed by atoms with Gasteiger partial charge in [0.1, 0.15) is 0 Å². The fourth-order valence-corrected chi connectivity index (χ4v) is 2.23. The molecule has 1 saturated carbocycles. The molecule has 0 nitrogen and oxygen atoms in total. The van der Waals surface area contributed by atoms with Crippen LogP contribution in [0.15, 0.2) is 12.2 Å². The highest BCUT2D eigenvalue weighted by atomic mass is 19.3. The molecule has 0 amide bonds. The molecule has 0 saturated heterocycles. The lowest BCUT2D eigenvalue weighted by atomic mass is 9.80. The van der Waals surface area contributed by atoms with Crippen molar-refractivity contribution < 1.29 is 8.78 Å². The van der Waals surface area contributed by atoms with Crippen molar-refractivity contribution in [3.63, 3.8) is 0 Å². The first-order chi connectivity index (χ1) is 6.22. The molecule has 0 aliphatic heterocycles. The average molecular weight is 188 g/mol. The Balaban J connectivity index is 2.26. The molecule has 0 aromatic carbocycles. The van der Waals surface area contributed by atoms with E-state index in [1.165, 1.54) is 12.8 Å². The summed E-state index contributed by atoms with van der Waals surface area (Å²) in [7, 11) is 0. The van der Waals surface area contributed by atoms with Crippen molar-refractivity contribution in [3.05, 3.63) is 12.2 Å². The highest BCUT2D eigenvalue weighted by Gasteiger charge is 2.19. The molecule has 0 heterocycles. The first kappa shape index (κ1) is 10.7. The van der Waals surface area contributed by atoms with Crippen LogP contribution in [0.4, 0.5) is 8.78 Å². The van der Waals surface area contributed by atoms with Crippen LogP contribution in [0, 0.1) is 11.8 Å². The van der Waals surface area contributed by atoms with Crippen LogP contribution >= 0.6 is 0 Å². The fraction of sp³-hybridized carbons (Fsp3) is 0.818. The van der Waals surface area contributed by atoms with E-state index >= 15 is 0 Å². The summed E-state index contributed by atoms with van der Waals surface area (Å²) < 4.78 is 23.9. The van der Waals surface area contributed by atoms with Gasteiger partial charge < -0.3 is 0 Å². The van der Waals surface area contributed by atoms with Gasteiger partial charge in [-0.3, -0.25) is 0 Å². The van der Waals surface area contributed by atoms with E-state index in [0.717, 1.165) is 37.7 Å². The van der Waals surface area contributed by atoms with Crippen LogP contribution < -0.4 is 0 Å². The van der Waals surface area contributed by atoms with E-state index in [1.807, 2.05) is 0 Å². The van der Waals surface area contributed by atoms with E-state index in [9.17, 15) is 8.78 Å². The van der Waals surface area contributed by atoms with Crippen LogP contribution in [0.25, 0.3) is 0 Å². The first-order valence-electron chi connectivity index (χ1n) is 5.25. The van der Waals surface area contributed by atoms with Crippen LogP contribution in [0.3, 0.4) is 0 Å². The summed E-state index contributed by atoms with van der Waals surface area (Å²) >= 11 is 0. The van der Waals surface area contributed by atoms with Crippen molar-refractivity contribution in [1.29, 1.82) is 0 Å². The number of rotatable bonds is 3. The molecule has 0 atom stereocenters. The minimum absolute atomic E-state index is 0.151. The van der Waals surface area contributed by atoms with Crippen molar-refractivity contribution in [2.75, 3.05) is 0 Å². The van der Waals surface area contributed by atoms with Gasteiger partial charge in [0.05, 0.1) is 0 Å². The minimum Gasteiger partial charge on any atom is -0.174 e. The summed E-state index contributed by atoms with van der Waals surface area (Å²) in [6.07, 6.45) is 6.34. The largest absolute Gasteiger partial charge is 0.266 e. The van der Waals surface area contributed by atoms with Gasteiger partial charge in [-0.2, -0.15) is 8.78 Å². The number of hydrogen-bond donors (Lipinski definition) is 0. The van der Waals surface area contributed by atoms with Crippen molar-refractivity contribution >= 4 is 0 Å². The van der Waals surface area contributed by atoms with Gasteiger partial charge in [-0.1, -0.05) is 19.8 Å². The topological polar surface area (TPSA) is 0 Å². The van der Waals surface area contributed by atoms with Crippen LogP contribution in [-0.4, -0.2) is 0 Å². The van der Waals surface area contributed by atoms with Gasteiger partial charge in [-0.25, -0.2) is 0 Å². The summed E-state index contributed by atoms with van der Waals surface area (Å²) in [5.41, 5.74) is 0. The third-order valence-electron chi connectivity index (χ3n) is 2.95. The molecule has 0 N–H and O–H groups in total. The summed E-state index contributed by atoms with van der Waals surface area (Å²) in [6, 6.07) is 0. The van der Waals surface area contributed by atoms with E-state index in [2.05, 4.69) is 6.92 Å². The lowest BCUT2D eigenvalue weighted by Crippen LogP contribution is -2.12. The second-order valence-corrected chi connectivity index (χ2v) is 4.03. The quantitative estimate of drug-likeness (QED) is 0.616. The molecule has 0 aromatic heterocycles. The number of halogens is 2. The van der Waals surface area contributed by atoms with Gasteiger partial charge in [0.25, 0.3) is 6.08 Å². The third kappa shape index (κ3) is 3.88. The molecule has 1 rings (SSSR count). The smallest absolute Gasteiger partial charge is 0.174 e. The van der Waals surface area contributed by atoms with Crippen molar-refractivity contribution in [2.24, 2.45) is 11.8 Å². The Hall–Kier alpha value is -0.400. The summed E-state index contributed by atoms with van der Waals surface area (Å²) in [4.78, 5) is 0. The Morgan fingerprint density at radius 2 is 1.85 bits per heavy atom. The Morgan fingerprint density at radius 1 is 1.23 bits per heavy atom. The number of hydrogen-bond acceptors (Lipinski definition) is 0. The van der Waals surface area contributed by atoms with Crippen LogP contribution in [0.5, 0.6) is 0 Å². The lowest BCUT2D eigenvalue weighted by molar-refractivity contribution is 0.286. The number of allylic oxidation sites excluding steroid dienone is 1. The molecule has 76 valence electrons. The molecule has 0 bridgehead atoms. The van der Waals surface area contributed by atoms with Crippen molar-refractivity contribution in [3.8, 4) is 0 Å². The van der Waals surface area contributed by atoms with Gasteiger partial charge in [-0.05, 0) is 43.6 Å². The Bertz CT molecular complexity index is 163. The van der Waals surface area contributed by atoms with Gasteiger partial charge in [0, 0.05) is 0 Å². The SMILES string of the molecule is CCC[C@H]1CC[C@H](C=C(F)F)CC1. The van der Waals surface area contributed by atoms with Crippen molar-refractivity contribution in [1.82, 2.24) is 0 Å². The summed E-state index contributed by atoms with van der Waals surface area (Å²) in [5.74, 6) is 0.954. The van der Waals surface area contributed by atoms with Crippen LogP contribution in [0.2, 0.25) is 0 Å². The van der Waals surface area contributed by atoms with E-state index in [1.54, 1.807) is 0 Å². The van der Waals surface area contributed by atoms with E-state index < -0.39 is 6.08 Å². The zero-order chi connectivity index (χ0) is 9.68. The third-order valence-corrected chi connectivity index (χ3v) is 2.95. The highest BCUT2D eigenvalue weighted by Crippen LogP contribution is 2.32. The van der Waals surface area contributed by atoms with Crippen molar-refractivity contribution in [2.45, 2.75) is 45.4 Å². The van der Waals surface area contributed by atoms with Crippen LogP contribution in [-0.2, 0) is 0 Å². The molecule has 0 aromatic rings. The standard InChI is InChI=1S/C11H18F2/c1-2-3-9-4-6-10(7-5-9)8-11(12)13/h8-10H,2-7H2,1H3/t9-,10-. The van der Waals surface area contributed by atoms with E-state index in [4.69, 9.17) is 0 Å². The van der Waals surface area contributed by atoms with Gasteiger partial charge in [-0.15, -0.1) is 0 Å². The Kier molecular flexibility index (Phi) is 4.40. The zero-order valence-corrected chi connectivity index (χ0v) is 8.23. The predicted octanol–water partition coefficient (Wildman–Crippen LogP) is 4.37. The fourth-order valence-electron chi connectivity index (χ4n) is 2.23. The first-order valence-corrected chi connectivity index (χ1v) is 5.25. The maximum atomic E-state index is 11.9. The van der Waals surface area contributed by atoms with E-state index in [-0.39, 0.29) is 5.92 Å².